The fourth-order valence-electron chi connectivity index (χ4n) is 3.30. The number of nitrogens with one attached hydrogen (secondary N) is 1. The van der Waals surface area contributed by atoms with E-state index in [1.807, 2.05) is 6.92 Å². The van der Waals surface area contributed by atoms with Crippen LogP contribution in [-0.4, -0.2) is 33.4 Å². The number of aromatic hydroxyl groups is 1. The Balaban J connectivity index is 2.07. The van der Waals surface area contributed by atoms with Crippen LogP contribution in [0.4, 0.5) is 5.00 Å². The van der Waals surface area contributed by atoms with Crippen molar-refractivity contribution in [3.63, 3.8) is 0 Å². The first-order valence-corrected chi connectivity index (χ1v) is 10.6. The number of fused-ring (bicyclic) bond motifs is 1. The number of aliphatic imine (C=N–C) groups is 1. The summed E-state index contributed by atoms with van der Waals surface area (Å²) in [4.78, 5) is 32.9. The SMILES string of the molecule is CCCn1c(O)c(C=Nc2sc3c(c2C(=O)OCC)CCCC3)c(=O)[nH]c1=S. The molecule has 3 rings (SSSR count). The van der Waals surface area contributed by atoms with Crippen molar-refractivity contribution in [3.8, 4) is 5.88 Å². The van der Waals surface area contributed by atoms with Gasteiger partial charge in [0.05, 0.1) is 12.2 Å². The van der Waals surface area contributed by atoms with Crippen LogP contribution in [0.5, 0.6) is 5.88 Å². The van der Waals surface area contributed by atoms with Gasteiger partial charge in [-0.2, -0.15) is 0 Å². The number of hydrogen-bond acceptors (Lipinski definition) is 7. The Labute approximate surface area is 171 Å². The summed E-state index contributed by atoms with van der Waals surface area (Å²) in [5.74, 6) is -0.618. The van der Waals surface area contributed by atoms with Crippen LogP contribution in [0.15, 0.2) is 9.79 Å². The molecule has 1 aliphatic rings. The molecule has 28 heavy (non-hydrogen) atoms. The fraction of sp³-hybridized carbons (Fsp3) is 0.474. The fourth-order valence-corrected chi connectivity index (χ4v) is 4.79. The average Bonchev–Trinajstić information content (AvgIpc) is 3.03. The van der Waals surface area contributed by atoms with Crippen LogP contribution >= 0.6 is 23.6 Å². The van der Waals surface area contributed by atoms with Gasteiger partial charge < -0.3 is 9.84 Å². The molecular formula is C19H23N3O4S2. The van der Waals surface area contributed by atoms with E-state index in [0.717, 1.165) is 42.5 Å². The molecule has 0 aromatic carbocycles. The van der Waals surface area contributed by atoms with Gasteiger partial charge in [0.25, 0.3) is 5.56 Å². The number of rotatable bonds is 6. The molecule has 0 bridgehead atoms. The molecule has 0 unspecified atom stereocenters. The van der Waals surface area contributed by atoms with Gasteiger partial charge in [-0.3, -0.25) is 14.3 Å². The largest absolute Gasteiger partial charge is 0.494 e. The summed E-state index contributed by atoms with van der Waals surface area (Å²) in [6.45, 7) is 4.47. The van der Waals surface area contributed by atoms with Crippen LogP contribution in [0.3, 0.4) is 0 Å². The van der Waals surface area contributed by atoms with Gasteiger partial charge in [0.1, 0.15) is 10.6 Å². The van der Waals surface area contributed by atoms with Crippen molar-refractivity contribution in [2.24, 2.45) is 4.99 Å². The molecule has 1 aliphatic carbocycles. The van der Waals surface area contributed by atoms with E-state index in [4.69, 9.17) is 17.0 Å². The standard InChI is InChI=1S/C19H23N3O4S2/c1-3-9-22-17(24)12(15(23)21-19(22)27)10-20-16-14(18(25)26-4-2)11-7-5-6-8-13(11)28-16/h10,24H,3-9H2,1-2H3,(H,21,23,27). The smallest absolute Gasteiger partial charge is 0.341 e. The molecule has 150 valence electrons. The molecule has 7 nitrogen and oxygen atoms in total. The van der Waals surface area contributed by atoms with Gasteiger partial charge in [-0.25, -0.2) is 9.79 Å². The molecular weight excluding hydrogens is 398 g/mol. The second-order valence-corrected chi connectivity index (χ2v) is 7.99. The Morgan fingerprint density at radius 3 is 2.86 bits per heavy atom. The minimum atomic E-state index is -0.516. The predicted octanol–water partition coefficient (Wildman–Crippen LogP) is 3.89. The minimum absolute atomic E-state index is 0.0169. The number of carbonyl (C=O) groups excluding carboxylic acids is 1. The molecule has 2 aromatic rings. The van der Waals surface area contributed by atoms with Crippen LogP contribution in [0, 0.1) is 4.77 Å². The number of aryl methyl sites for hydroxylation is 1. The number of carbonyl (C=O) groups is 1. The molecule has 0 fully saturated rings. The summed E-state index contributed by atoms with van der Waals surface area (Å²) in [5.41, 5.74) is 0.984. The number of nitrogens with zero attached hydrogens (tertiary/aromatic N) is 2. The molecule has 0 spiro atoms. The van der Waals surface area contributed by atoms with E-state index < -0.39 is 11.5 Å². The highest BCUT2D eigenvalue weighted by Gasteiger charge is 2.26. The summed E-state index contributed by atoms with van der Waals surface area (Å²) in [5, 5.41) is 11.0. The summed E-state index contributed by atoms with van der Waals surface area (Å²) in [6, 6.07) is 0. The molecule has 0 aliphatic heterocycles. The van der Waals surface area contributed by atoms with E-state index in [0.29, 0.717) is 17.1 Å². The van der Waals surface area contributed by atoms with Crippen LogP contribution in [-0.2, 0) is 24.1 Å². The Kier molecular flexibility index (Phi) is 6.46. The van der Waals surface area contributed by atoms with E-state index in [9.17, 15) is 14.7 Å². The summed E-state index contributed by atoms with van der Waals surface area (Å²) in [7, 11) is 0. The Bertz CT molecular complexity index is 1030. The zero-order chi connectivity index (χ0) is 20.3. The molecule has 0 radical (unpaired) electrons. The van der Waals surface area contributed by atoms with E-state index in [1.165, 1.54) is 22.1 Å². The molecule has 2 aromatic heterocycles. The molecule has 9 heteroatoms. The first-order chi connectivity index (χ1) is 13.5. The number of ether oxygens (including phenoxy) is 1. The van der Waals surface area contributed by atoms with Gasteiger partial charge in [-0.15, -0.1) is 11.3 Å². The lowest BCUT2D eigenvalue weighted by atomic mass is 9.95. The number of thiophene rings is 1. The maximum absolute atomic E-state index is 12.5. The lowest BCUT2D eigenvalue weighted by Gasteiger charge is -2.11. The Morgan fingerprint density at radius 2 is 2.14 bits per heavy atom. The van der Waals surface area contributed by atoms with Crippen molar-refractivity contribution in [3.05, 3.63) is 36.7 Å². The van der Waals surface area contributed by atoms with Crippen molar-refractivity contribution in [1.29, 1.82) is 0 Å². The lowest BCUT2D eigenvalue weighted by molar-refractivity contribution is 0.0526. The maximum atomic E-state index is 12.5. The van der Waals surface area contributed by atoms with Crippen molar-refractivity contribution in [2.45, 2.75) is 52.5 Å². The molecule has 2 N–H and O–H groups in total. The first kappa shape index (κ1) is 20.5. The number of aromatic nitrogens is 2. The quantitative estimate of drug-likeness (QED) is 0.419. The third-order valence-electron chi connectivity index (χ3n) is 4.60. The van der Waals surface area contributed by atoms with Gasteiger partial charge in [0.2, 0.25) is 5.88 Å². The van der Waals surface area contributed by atoms with Crippen LogP contribution in [0.25, 0.3) is 0 Å². The Morgan fingerprint density at radius 1 is 1.39 bits per heavy atom. The van der Waals surface area contributed by atoms with Crippen LogP contribution in [0.1, 0.15) is 59.5 Å². The first-order valence-electron chi connectivity index (χ1n) is 9.39. The van der Waals surface area contributed by atoms with Crippen molar-refractivity contribution < 1.29 is 14.6 Å². The molecule has 0 saturated heterocycles. The number of aromatic amines is 1. The second kappa shape index (κ2) is 8.83. The lowest BCUT2D eigenvalue weighted by Crippen LogP contribution is -2.18. The third-order valence-corrected chi connectivity index (χ3v) is 6.12. The summed E-state index contributed by atoms with van der Waals surface area (Å²) in [6.07, 6.45) is 5.88. The predicted molar refractivity (Wildman–Crippen MR) is 112 cm³/mol. The van der Waals surface area contributed by atoms with Crippen molar-refractivity contribution >= 4 is 40.7 Å². The summed E-state index contributed by atoms with van der Waals surface area (Å²) >= 11 is 6.56. The van der Waals surface area contributed by atoms with Crippen LogP contribution < -0.4 is 5.56 Å². The van der Waals surface area contributed by atoms with E-state index >= 15 is 0 Å². The molecule has 2 heterocycles. The third kappa shape index (κ3) is 3.95. The topological polar surface area (TPSA) is 96.7 Å². The van der Waals surface area contributed by atoms with Gasteiger partial charge >= 0.3 is 5.97 Å². The van der Waals surface area contributed by atoms with Gasteiger partial charge in [-0.05, 0) is 56.8 Å². The van der Waals surface area contributed by atoms with Gasteiger partial charge in [0.15, 0.2) is 4.77 Å². The second-order valence-electron chi connectivity index (χ2n) is 6.52. The Hall–Kier alpha value is -2.26. The van der Waals surface area contributed by atoms with Gasteiger partial charge in [-0.1, -0.05) is 6.92 Å². The van der Waals surface area contributed by atoms with Crippen LogP contribution in [0.2, 0.25) is 0 Å². The molecule has 0 amide bonds. The minimum Gasteiger partial charge on any atom is -0.494 e. The number of esters is 1. The highest BCUT2D eigenvalue weighted by atomic mass is 32.1. The van der Waals surface area contributed by atoms with Crippen molar-refractivity contribution in [1.82, 2.24) is 9.55 Å². The monoisotopic (exact) mass is 421 g/mol. The van der Waals surface area contributed by atoms with E-state index in [1.54, 1.807) is 6.92 Å². The average molecular weight is 422 g/mol. The normalized spacial score (nSPS) is 13.6. The van der Waals surface area contributed by atoms with E-state index in [2.05, 4.69) is 9.98 Å². The highest BCUT2D eigenvalue weighted by Crippen LogP contribution is 2.40. The number of hydrogen-bond donors (Lipinski definition) is 2. The highest BCUT2D eigenvalue weighted by molar-refractivity contribution is 7.71. The zero-order valence-electron chi connectivity index (χ0n) is 15.9. The molecule has 0 saturated carbocycles. The zero-order valence-corrected chi connectivity index (χ0v) is 17.5. The van der Waals surface area contributed by atoms with E-state index in [-0.39, 0.29) is 22.8 Å². The summed E-state index contributed by atoms with van der Waals surface area (Å²) < 4.78 is 6.85. The number of H-pyrrole nitrogens is 1. The van der Waals surface area contributed by atoms with Crippen molar-refractivity contribution in [2.75, 3.05) is 6.61 Å². The van der Waals surface area contributed by atoms with Gasteiger partial charge in [0, 0.05) is 17.6 Å². The maximum Gasteiger partial charge on any atom is 0.341 e. The molecule has 0 atom stereocenters.